The highest BCUT2D eigenvalue weighted by molar-refractivity contribution is 5.81. The zero-order valence-corrected chi connectivity index (χ0v) is 18.0. The Bertz CT molecular complexity index is 1230. The molecule has 156 valence electrons. The molecule has 0 aliphatic heterocycles. The molecule has 0 spiro atoms. The van der Waals surface area contributed by atoms with E-state index < -0.39 is 0 Å². The predicted octanol–water partition coefficient (Wildman–Crippen LogP) is 4.72. The summed E-state index contributed by atoms with van der Waals surface area (Å²) >= 11 is 0. The van der Waals surface area contributed by atoms with Crippen LogP contribution >= 0.6 is 0 Å². The molecule has 0 N–H and O–H groups in total. The van der Waals surface area contributed by atoms with Crippen LogP contribution in [0.5, 0.6) is 0 Å². The fourth-order valence-corrected chi connectivity index (χ4v) is 4.49. The number of rotatable bonds is 4. The summed E-state index contributed by atoms with van der Waals surface area (Å²) in [7, 11) is 1.95. The minimum absolute atomic E-state index is 0.399. The summed E-state index contributed by atoms with van der Waals surface area (Å²) in [4.78, 5) is 9.23. The Morgan fingerprint density at radius 3 is 2.77 bits per heavy atom. The number of allylic oxidation sites excluding steroid dienone is 1. The Kier molecular flexibility index (Phi) is 4.98. The van der Waals surface area contributed by atoms with E-state index in [0.717, 1.165) is 58.7 Å². The maximum atomic E-state index is 5.39. The van der Waals surface area contributed by atoms with Crippen molar-refractivity contribution in [2.75, 3.05) is 0 Å². The second kappa shape index (κ2) is 7.95. The standard InChI is InChI=1S/C25H25N5O/c1-16-24(17(2)31-29-16)21-11-20-7-6-18(9-19-5-4-8-26-12-19)10-23(25(20)27-13-21)22-14-28-30(3)15-22/h4-5,8,10-15,18H,6-7,9H2,1-3H3. The zero-order chi connectivity index (χ0) is 21.4. The zero-order valence-electron chi connectivity index (χ0n) is 18.0. The van der Waals surface area contributed by atoms with Gasteiger partial charge in [0.15, 0.2) is 0 Å². The van der Waals surface area contributed by atoms with E-state index in [0.29, 0.717) is 5.92 Å². The Morgan fingerprint density at radius 2 is 2.06 bits per heavy atom. The van der Waals surface area contributed by atoms with Crippen molar-refractivity contribution in [1.82, 2.24) is 24.9 Å². The van der Waals surface area contributed by atoms with Crippen LogP contribution in [-0.2, 0) is 19.9 Å². The van der Waals surface area contributed by atoms with E-state index in [9.17, 15) is 0 Å². The van der Waals surface area contributed by atoms with E-state index in [2.05, 4.69) is 39.6 Å². The molecule has 1 atom stereocenters. The lowest BCUT2D eigenvalue weighted by molar-refractivity contribution is 0.393. The van der Waals surface area contributed by atoms with Gasteiger partial charge in [0.2, 0.25) is 0 Å². The molecular weight excluding hydrogens is 386 g/mol. The van der Waals surface area contributed by atoms with Crippen molar-refractivity contribution in [2.24, 2.45) is 13.0 Å². The second-order valence-electron chi connectivity index (χ2n) is 8.28. The van der Waals surface area contributed by atoms with Crippen molar-refractivity contribution in [3.63, 3.8) is 0 Å². The average molecular weight is 412 g/mol. The Balaban J connectivity index is 1.57. The second-order valence-corrected chi connectivity index (χ2v) is 8.28. The van der Waals surface area contributed by atoms with E-state index in [-0.39, 0.29) is 0 Å². The van der Waals surface area contributed by atoms with Gasteiger partial charge in [0, 0.05) is 54.1 Å². The van der Waals surface area contributed by atoms with Gasteiger partial charge in [0.05, 0.1) is 17.6 Å². The molecule has 0 amide bonds. The van der Waals surface area contributed by atoms with E-state index in [1.165, 1.54) is 11.1 Å². The predicted molar refractivity (Wildman–Crippen MR) is 119 cm³/mol. The minimum atomic E-state index is 0.399. The number of hydrogen-bond donors (Lipinski definition) is 0. The van der Waals surface area contributed by atoms with Crippen LogP contribution < -0.4 is 0 Å². The SMILES string of the molecule is Cc1noc(C)c1-c1cnc2c(c1)CCC(Cc1cccnc1)C=C2c1cnn(C)c1. The largest absolute Gasteiger partial charge is 0.361 e. The van der Waals surface area contributed by atoms with E-state index in [1.54, 1.807) is 0 Å². The summed E-state index contributed by atoms with van der Waals surface area (Å²) in [5, 5.41) is 8.52. The Morgan fingerprint density at radius 1 is 1.16 bits per heavy atom. The number of hydrogen-bond acceptors (Lipinski definition) is 5. The van der Waals surface area contributed by atoms with E-state index in [1.807, 2.05) is 56.4 Å². The van der Waals surface area contributed by atoms with Crippen molar-refractivity contribution in [2.45, 2.75) is 33.1 Å². The van der Waals surface area contributed by atoms with Crippen LogP contribution in [0.3, 0.4) is 0 Å². The van der Waals surface area contributed by atoms with Crippen molar-refractivity contribution in [1.29, 1.82) is 0 Å². The van der Waals surface area contributed by atoms with Crippen molar-refractivity contribution in [3.8, 4) is 11.1 Å². The maximum absolute atomic E-state index is 5.39. The molecule has 4 aromatic rings. The molecule has 0 saturated heterocycles. The molecule has 4 aromatic heterocycles. The van der Waals surface area contributed by atoms with Gasteiger partial charge < -0.3 is 4.52 Å². The van der Waals surface area contributed by atoms with Gasteiger partial charge in [-0.3, -0.25) is 14.6 Å². The highest BCUT2D eigenvalue weighted by Gasteiger charge is 2.22. The molecule has 0 saturated carbocycles. The molecule has 1 unspecified atom stereocenters. The summed E-state index contributed by atoms with van der Waals surface area (Å²) < 4.78 is 7.23. The average Bonchev–Trinajstić information content (AvgIpc) is 3.30. The molecular formula is C25H25N5O. The minimum Gasteiger partial charge on any atom is -0.361 e. The molecule has 5 rings (SSSR count). The summed E-state index contributed by atoms with van der Waals surface area (Å²) in [6.45, 7) is 3.92. The lowest BCUT2D eigenvalue weighted by Crippen LogP contribution is -2.03. The van der Waals surface area contributed by atoms with Gasteiger partial charge in [-0.25, -0.2) is 0 Å². The van der Waals surface area contributed by atoms with Crippen molar-refractivity contribution in [3.05, 3.63) is 89.1 Å². The molecule has 1 aliphatic carbocycles. The molecule has 6 nitrogen and oxygen atoms in total. The maximum Gasteiger partial charge on any atom is 0.141 e. The van der Waals surface area contributed by atoms with E-state index in [4.69, 9.17) is 9.51 Å². The third-order valence-electron chi connectivity index (χ3n) is 5.97. The third-order valence-corrected chi connectivity index (χ3v) is 5.97. The number of nitrogens with zero attached hydrogens (tertiary/aromatic N) is 5. The van der Waals surface area contributed by atoms with Crippen LogP contribution in [0.4, 0.5) is 0 Å². The molecule has 1 aliphatic rings. The van der Waals surface area contributed by atoms with Gasteiger partial charge in [0.25, 0.3) is 0 Å². The normalized spacial score (nSPS) is 16.0. The van der Waals surface area contributed by atoms with Gasteiger partial charge in [0.1, 0.15) is 5.76 Å². The van der Waals surface area contributed by atoms with Gasteiger partial charge in [-0.05, 0) is 62.3 Å². The molecule has 31 heavy (non-hydrogen) atoms. The summed E-state index contributed by atoms with van der Waals surface area (Å²) in [6.07, 6.45) is 15.1. The first-order valence-electron chi connectivity index (χ1n) is 10.6. The van der Waals surface area contributed by atoms with Crippen LogP contribution in [0.1, 0.15) is 40.3 Å². The van der Waals surface area contributed by atoms with E-state index >= 15 is 0 Å². The van der Waals surface area contributed by atoms with Crippen LogP contribution in [0.15, 0.2) is 59.8 Å². The monoisotopic (exact) mass is 411 g/mol. The van der Waals surface area contributed by atoms with Crippen LogP contribution in [0.25, 0.3) is 16.7 Å². The highest BCUT2D eigenvalue weighted by Crippen LogP contribution is 2.35. The van der Waals surface area contributed by atoms with Gasteiger partial charge >= 0.3 is 0 Å². The topological polar surface area (TPSA) is 69.6 Å². The first kappa shape index (κ1) is 19.4. The van der Waals surface area contributed by atoms with Gasteiger partial charge in [-0.1, -0.05) is 17.3 Å². The number of pyridine rings is 2. The van der Waals surface area contributed by atoms with Crippen LogP contribution in [0.2, 0.25) is 0 Å². The fourth-order valence-electron chi connectivity index (χ4n) is 4.49. The summed E-state index contributed by atoms with van der Waals surface area (Å²) in [5.74, 6) is 1.22. The third kappa shape index (κ3) is 3.81. The summed E-state index contributed by atoms with van der Waals surface area (Å²) in [6, 6.07) is 6.41. The quantitative estimate of drug-likeness (QED) is 0.486. The van der Waals surface area contributed by atoms with Crippen LogP contribution in [-0.4, -0.2) is 24.9 Å². The fraction of sp³-hybridized carbons (Fsp3) is 0.280. The molecule has 6 heteroatoms. The summed E-state index contributed by atoms with van der Waals surface area (Å²) in [5.41, 5.74) is 8.79. The van der Waals surface area contributed by atoms with Crippen molar-refractivity contribution >= 4 is 5.57 Å². The Hall–Kier alpha value is -3.54. The molecule has 0 radical (unpaired) electrons. The van der Waals surface area contributed by atoms with Gasteiger partial charge in [-0.15, -0.1) is 0 Å². The first-order chi connectivity index (χ1) is 15.1. The lowest BCUT2D eigenvalue weighted by Gasteiger charge is -2.11. The van der Waals surface area contributed by atoms with Crippen molar-refractivity contribution < 1.29 is 4.52 Å². The lowest BCUT2D eigenvalue weighted by atomic mass is 9.94. The molecule has 0 fully saturated rings. The van der Waals surface area contributed by atoms with Gasteiger partial charge in [-0.2, -0.15) is 5.10 Å². The highest BCUT2D eigenvalue weighted by atomic mass is 16.5. The Labute approximate surface area is 181 Å². The number of aromatic nitrogens is 5. The molecule has 0 aromatic carbocycles. The smallest absolute Gasteiger partial charge is 0.141 e. The number of aryl methyl sites for hydroxylation is 4. The molecule has 0 bridgehead atoms. The van der Waals surface area contributed by atoms with Crippen LogP contribution in [0, 0.1) is 19.8 Å². The first-order valence-corrected chi connectivity index (χ1v) is 10.6. The number of fused-ring (bicyclic) bond motifs is 1. The molecule has 4 heterocycles.